The first-order valence-electron chi connectivity index (χ1n) is 8.40. The van der Waals surface area contributed by atoms with E-state index in [-0.39, 0.29) is 15.4 Å². The summed E-state index contributed by atoms with van der Waals surface area (Å²) in [5.74, 6) is 0. The molecule has 0 aromatic rings. The molecule has 1 atom stereocenters. The summed E-state index contributed by atoms with van der Waals surface area (Å²) in [5, 5.41) is 1.12. The molecule has 0 N–H and O–H groups in total. The second-order valence-electron chi connectivity index (χ2n) is 9.68. The smallest absolute Gasteiger partial charge is 0.00834 e. The highest BCUT2D eigenvalue weighted by molar-refractivity contribution is 8.30. The third kappa shape index (κ3) is 6.08. The first-order valence-corrected chi connectivity index (χ1v) is 11.7. The molecule has 0 aliphatic rings. The largest absolute Gasteiger partial charge is 0.273 e. The first kappa shape index (κ1) is 21.8. The van der Waals surface area contributed by atoms with E-state index in [1.165, 1.54) is 0 Å². The maximum Gasteiger partial charge on any atom is 0.00834 e. The average molecular weight is 333 g/mol. The van der Waals surface area contributed by atoms with Crippen LogP contribution in [-0.4, -0.2) is 32.2 Å². The van der Waals surface area contributed by atoms with E-state index in [1.807, 2.05) is 0 Å². The Morgan fingerprint density at radius 1 is 0.571 bits per heavy atom. The van der Waals surface area contributed by atoms with E-state index in [9.17, 15) is 0 Å². The van der Waals surface area contributed by atoms with Gasteiger partial charge in [-0.05, 0) is 50.9 Å². The zero-order valence-electron chi connectivity index (χ0n) is 17.0. The van der Waals surface area contributed by atoms with Crippen molar-refractivity contribution in [1.82, 2.24) is 4.67 Å². The Balaban J connectivity index is 6.12. The Morgan fingerprint density at radius 3 is 1.00 bits per heavy atom. The fourth-order valence-electron chi connectivity index (χ4n) is 3.36. The van der Waals surface area contributed by atoms with E-state index in [1.54, 1.807) is 0 Å². The molecule has 0 aliphatic carbocycles. The number of hydrogen-bond donors (Lipinski definition) is 0. The van der Waals surface area contributed by atoms with Crippen LogP contribution < -0.4 is 0 Å². The summed E-state index contributed by atoms with van der Waals surface area (Å²) in [7, 11) is -0.293. The van der Waals surface area contributed by atoms with Gasteiger partial charge in [-0.3, -0.25) is 4.67 Å². The van der Waals surface area contributed by atoms with E-state index in [2.05, 4.69) is 94.7 Å². The fraction of sp³-hybridized carbons (Fsp3) is 1.00. The maximum absolute atomic E-state index is 2.84. The monoisotopic (exact) mass is 333 g/mol. The van der Waals surface area contributed by atoms with Gasteiger partial charge in [0.25, 0.3) is 0 Å². The van der Waals surface area contributed by atoms with E-state index < -0.39 is 0 Å². The fourth-order valence-corrected chi connectivity index (χ4v) is 16.0. The summed E-state index contributed by atoms with van der Waals surface area (Å²) in [6.07, 6.45) is 0. The molecule has 0 saturated carbocycles. The van der Waals surface area contributed by atoms with Gasteiger partial charge in [0.1, 0.15) is 0 Å². The van der Waals surface area contributed by atoms with Gasteiger partial charge >= 0.3 is 0 Å². The van der Waals surface area contributed by atoms with Crippen molar-refractivity contribution in [2.45, 2.75) is 118 Å². The lowest BCUT2D eigenvalue weighted by molar-refractivity contribution is 0.320. The maximum atomic E-state index is 2.84. The summed E-state index contributed by atoms with van der Waals surface area (Å²) < 4.78 is 2.84. The van der Waals surface area contributed by atoms with Gasteiger partial charge in [-0.25, -0.2) is 0 Å². The molecule has 0 heterocycles. The molecule has 0 saturated heterocycles. The summed E-state index contributed by atoms with van der Waals surface area (Å²) in [4.78, 5) is 0. The molecule has 0 aromatic carbocycles. The molecule has 0 rings (SSSR count). The minimum atomic E-state index is -0.185. The summed E-state index contributed by atoms with van der Waals surface area (Å²) in [6, 6.07) is 1.23. The Kier molecular flexibility index (Phi) is 7.43. The van der Waals surface area contributed by atoms with Crippen LogP contribution in [0, 0.1) is 0 Å². The normalized spacial score (nSPS) is 16.4. The van der Waals surface area contributed by atoms with E-state index in [0.717, 1.165) is 0 Å². The van der Waals surface area contributed by atoms with Crippen LogP contribution in [0.3, 0.4) is 0 Å². The second kappa shape index (κ2) is 7.15. The molecular formula is C18H41NP2. The first-order chi connectivity index (χ1) is 9.01. The van der Waals surface area contributed by atoms with Crippen LogP contribution in [0.25, 0.3) is 0 Å². The lowest BCUT2D eigenvalue weighted by atomic mass is 10.2. The molecule has 0 fully saturated rings. The predicted molar refractivity (Wildman–Crippen MR) is 105 cm³/mol. The molecule has 128 valence electrons. The lowest BCUT2D eigenvalue weighted by Gasteiger charge is -2.56. The van der Waals surface area contributed by atoms with Crippen molar-refractivity contribution in [3.05, 3.63) is 0 Å². The van der Waals surface area contributed by atoms with Gasteiger partial charge in [0.15, 0.2) is 0 Å². The summed E-state index contributed by atoms with van der Waals surface area (Å²) in [6.45, 7) is 31.7. The van der Waals surface area contributed by atoms with E-state index in [4.69, 9.17) is 0 Å². The van der Waals surface area contributed by atoms with Gasteiger partial charge in [0.2, 0.25) is 0 Å². The lowest BCUT2D eigenvalue weighted by Crippen LogP contribution is -2.40. The Hall–Kier alpha value is 0.820. The number of hydrogen-bond acceptors (Lipinski definition) is 1. The standard InChI is InChI=1S/C18H41NP2/c1-14(2)19(15(3)4)21(18(11,12)13)20(16(5,6)7)17(8,9)10/h14-15H,1-13H3/t21-/m0/s1. The van der Waals surface area contributed by atoms with Crippen molar-refractivity contribution in [2.24, 2.45) is 0 Å². The summed E-state index contributed by atoms with van der Waals surface area (Å²) >= 11 is 0. The van der Waals surface area contributed by atoms with Gasteiger partial charge in [-0.15, -0.1) is 0 Å². The third-order valence-electron chi connectivity index (χ3n) is 3.34. The van der Waals surface area contributed by atoms with Crippen molar-refractivity contribution in [3.63, 3.8) is 0 Å². The number of rotatable bonds is 4. The molecule has 0 amide bonds. The molecule has 21 heavy (non-hydrogen) atoms. The van der Waals surface area contributed by atoms with Crippen LogP contribution in [0.1, 0.15) is 90.0 Å². The van der Waals surface area contributed by atoms with Gasteiger partial charge < -0.3 is 0 Å². The quantitative estimate of drug-likeness (QED) is 0.488. The van der Waals surface area contributed by atoms with Crippen LogP contribution in [0.2, 0.25) is 0 Å². The predicted octanol–water partition coefficient (Wildman–Crippen LogP) is 7.29. The number of nitrogens with zero attached hydrogens (tertiary/aromatic N) is 1. The molecule has 0 bridgehead atoms. The molecule has 1 nitrogen and oxygen atoms in total. The van der Waals surface area contributed by atoms with E-state index in [0.29, 0.717) is 27.6 Å². The second-order valence-corrected chi connectivity index (χ2v) is 17.7. The molecule has 0 unspecified atom stereocenters. The minimum Gasteiger partial charge on any atom is -0.273 e. The van der Waals surface area contributed by atoms with Gasteiger partial charge in [0.05, 0.1) is 0 Å². The van der Waals surface area contributed by atoms with Crippen molar-refractivity contribution in [3.8, 4) is 0 Å². The Bertz CT molecular complexity index is 294. The van der Waals surface area contributed by atoms with Crippen molar-refractivity contribution in [1.29, 1.82) is 0 Å². The van der Waals surface area contributed by atoms with Gasteiger partial charge in [-0.2, -0.15) is 0 Å². The highest BCUT2D eigenvalue weighted by atomic mass is 32.1. The van der Waals surface area contributed by atoms with Crippen LogP contribution in [-0.2, 0) is 0 Å². The summed E-state index contributed by atoms with van der Waals surface area (Å²) in [5.41, 5.74) is 0. The zero-order chi connectivity index (χ0) is 17.4. The zero-order valence-corrected chi connectivity index (χ0v) is 18.8. The minimum absolute atomic E-state index is 0.108. The third-order valence-corrected chi connectivity index (χ3v) is 16.0. The molecule has 0 radical (unpaired) electrons. The van der Waals surface area contributed by atoms with Gasteiger partial charge in [0, 0.05) is 12.1 Å². The highest BCUT2D eigenvalue weighted by Gasteiger charge is 2.48. The van der Waals surface area contributed by atoms with Crippen LogP contribution in [0.15, 0.2) is 0 Å². The highest BCUT2D eigenvalue weighted by Crippen LogP contribution is 2.86. The average Bonchev–Trinajstić information content (AvgIpc) is 2.08. The topological polar surface area (TPSA) is 3.24 Å². The van der Waals surface area contributed by atoms with Crippen LogP contribution in [0.4, 0.5) is 0 Å². The van der Waals surface area contributed by atoms with Gasteiger partial charge in [-0.1, -0.05) is 69.9 Å². The van der Waals surface area contributed by atoms with Crippen LogP contribution >= 0.6 is 15.4 Å². The molecule has 3 heteroatoms. The Morgan fingerprint density at radius 2 is 0.857 bits per heavy atom. The van der Waals surface area contributed by atoms with Crippen LogP contribution in [0.5, 0.6) is 0 Å². The Labute approximate surface area is 138 Å². The molecule has 0 aromatic heterocycles. The van der Waals surface area contributed by atoms with Crippen molar-refractivity contribution < 1.29 is 0 Å². The molecule has 0 aliphatic heterocycles. The van der Waals surface area contributed by atoms with E-state index >= 15 is 0 Å². The van der Waals surface area contributed by atoms with Crippen molar-refractivity contribution in [2.75, 3.05) is 0 Å². The SMILES string of the molecule is CC(C)N(C(C)C)[P@@](P(C(C)(C)C)C(C)(C)C)C(C)(C)C. The van der Waals surface area contributed by atoms with Crippen molar-refractivity contribution >= 4 is 15.4 Å². The molecule has 0 spiro atoms. The molecular weight excluding hydrogens is 292 g/mol.